The van der Waals surface area contributed by atoms with Gasteiger partial charge in [-0.05, 0) is 36.1 Å². The maximum atomic E-state index is 14.0. The van der Waals surface area contributed by atoms with E-state index >= 15 is 0 Å². The monoisotopic (exact) mass is 495 g/mol. The lowest BCUT2D eigenvalue weighted by atomic mass is 9.79. The van der Waals surface area contributed by atoms with Crippen LogP contribution in [-0.2, 0) is 9.59 Å². The molecule has 0 aromatic heterocycles. The molecule has 5 rings (SSSR count). The molecule has 2 fully saturated rings. The quantitative estimate of drug-likeness (QED) is 0.479. The molecular formula is C32H37N3O2. The van der Waals surface area contributed by atoms with Gasteiger partial charge in [-0.1, -0.05) is 98.1 Å². The van der Waals surface area contributed by atoms with Crippen molar-refractivity contribution < 1.29 is 9.59 Å². The van der Waals surface area contributed by atoms with Crippen molar-refractivity contribution in [2.24, 2.45) is 0 Å². The predicted molar refractivity (Wildman–Crippen MR) is 149 cm³/mol. The van der Waals surface area contributed by atoms with E-state index in [1.165, 1.54) is 5.69 Å². The maximum absolute atomic E-state index is 14.0. The highest BCUT2D eigenvalue weighted by Gasteiger charge is 2.44. The standard InChI is InChI=1S/C32H37N3O2/c36-30(25-29(26-13-5-1-6-14-26)27-15-7-2-8-16-27)33-32(19-11-4-12-20-32)31(37)35-23-21-34(22-24-35)28-17-9-3-10-18-28/h1-3,5-10,13-18,29H,4,11-12,19-25H2,(H,33,36). The Bertz CT molecular complexity index is 1110. The van der Waals surface area contributed by atoms with E-state index in [9.17, 15) is 9.59 Å². The molecule has 1 saturated heterocycles. The van der Waals surface area contributed by atoms with E-state index in [0.717, 1.165) is 56.3 Å². The zero-order chi connectivity index (χ0) is 25.5. The van der Waals surface area contributed by atoms with Gasteiger partial charge in [0, 0.05) is 44.2 Å². The molecule has 1 aliphatic carbocycles. The molecule has 2 amide bonds. The van der Waals surface area contributed by atoms with E-state index < -0.39 is 5.54 Å². The average Bonchev–Trinajstić information content (AvgIpc) is 2.97. The van der Waals surface area contributed by atoms with Gasteiger partial charge in [0.1, 0.15) is 5.54 Å². The van der Waals surface area contributed by atoms with Crippen LogP contribution in [0.3, 0.4) is 0 Å². The Morgan fingerprint density at radius 2 is 1.22 bits per heavy atom. The van der Waals surface area contributed by atoms with Crippen LogP contribution in [0, 0.1) is 0 Å². The third kappa shape index (κ3) is 5.87. The van der Waals surface area contributed by atoms with Crippen molar-refractivity contribution in [2.75, 3.05) is 31.1 Å². The van der Waals surface area contributed by atoms with Crippen molar-refractivity contribution in [1.82, 2.24) is 10.2 Å². The number of nitrogens with zero attached hydrogens (tertiary/aromatic N) is 2. The molecule has 0 radical (unpaired) electrons. The summed E-state index contributed by atoms with van der Waals surface area (Å²) in [5, 5.41) is 3.30. The van der Waals surface area contributed by atoms with Gasteiger partial charge in [0.15, 0.2) is 0 Å². The Balaban J connectivity index is 1.30. The van der Waals surface area contributed by atoms with Crippen LogP contribution in [0.4, 0.5) is 5.69 Å². The summed E-state index contributed by atoms with van der Waals surface area (Å²) in [6, 6.07) is 30.8. The lowest BCUT2D eigenvalue weighted by molar-refractivity contribution is -0.143. The Morgan fingerprint density at radius 3 is 1.76 bits per heavy atom. The Kier molecular flexibility index (Phi) is 7.88. The van der Waals surface area contributed by atoms with E-state index in [0.29, 0.717) is 19.5 Å². The first-order valence-corrected chi connectivity index (χ1v) is 13.6. The van der Waals surface area contributed by atoms with Crippen LogP contribution in [0.25, 0.3) is 0 Å². The first-order chi connectivity index (χ1) is 18.1. The summed E-state index contributed by atoms with van der Waals surface area (Å²) in [5.74, 6) is 0.00710. The molecular weight excluding hydrogens is 458 g/mol. The highest BCUT2D eigenvalue weighted by Crippen LogP contribution is 2.33. The number of hydrogen-bond acceptors (Lipinski definition) is 3. The SMILES string of the molecule is O=C(CC(c1ccccc1)c1ccccc1)NC1(C(=O)N2CCN(c3ccccc3)CC2)CCCCC1. The Morgan fingerprint density at radius 1 is 0.703 bits per heavy atom. The molecule has 1 saturated carbocycles. The van der Waals surface area contributed by atoms with Crippen LogP contribution >= 0.6 is 0 Å². The number of benzene rings is 3. The molecule has 5 nitrogen and oxygen atoms in total. The van der Waals surface area contributed by atoms with E-state index in [2.05, 4.69) is 58.7 Å². The van der Waals surface area contributed by atoms with Gasteiger partial charge < -0.3 is 15.1 Å². The maximum Gasteiger partial charge on any atom is 0.248 e. The molecule has 3 aromatic carbocycles. The molecule has 0 atom stereocenters. The molecule has 1 heterocycles. The fraction of sp³-hybridized carbons (Fsp3) is 0.375. The Labute approximate surface area is 220 Å². The molecule has 192 valence electrons. The largest absolute Gasteiger partial charge is 0.368 e. The molecule has 1 N–H and O–H groups in total. The summed E-state index contributed by atoms with van der Waals surface area (Å²) < 4.78 is 0. The summed E-state index contributed by atoms with van der Waals surface area (Å²) in [6.07, 6.45) is 4.82. The summed E-state index contributed by atoms with van der Waals surface area (Å²) in [7, 11) is 0. The molecule has 3 aromatic rings. The number of amides is 2. The first-order valence-electron chi connectivity index (χ1n) is 13.6. The van der Waals surface area contributed by atoms with Gasteiger partial charge in [0.25, 0.3) is 0 Å². The molecule has 5 heteroatoms. The minimum Gasteiger partial charge on any atom is -0.368 e. The van der Waals surface area contributed by atoms with Crippen LogP contribution in [0.2, 0.25) is 0 Å². The van der Waals surface area contributed by atoms with Crippen LogP contribution in [-0.4, -0.2) is 48.4 Å². The zero-order valence-electron chi connectivity index (χ0n) is 21.5. The summed E-state index contributed by atoms with van der Waals surface area (Å²) >= 11 is 0. The smallest absolute Gasteiger partial charge is 0.248 e. The van der Waals surface area contributed by atoms with Gasteiger partial charge in [-0.2, -0.15) is 0 Å². The van der Waals surface area contributed by atoms with E-state index in [4.69, 9.17) is 0 Å². The number of rotatable bonds is 7. The molecule has 1 aliphatic heterocycles. The lowest BCUT2D eigenvalue weighted by Crippen LogP contribution is -2.63. The van der Waals surface area contributed by atoms with Crippen molar-refractivity contribution in [1.29, 1.82) is 0 Å². The van der Waals surface area contributed by atoms with Gasteiger partial charge >= 0.3 is 0 Å². The summed E-state index contributed by atoms with van der Waals surface area (Å²) in [4.78, 5) is 31.9. The van der Waals surface area contributed by atoms with Crippen LogP contribution in [0.15, 0.2) is 91.0 Å². The van der Waals surface area contributed by atoms with Crippen molar-refractivity contribution in [3.63, 3.8) is 0 Å². The summed E-state index contributed by atoms with van der Waals surface area (Å²) in [6.45, 7) is 2.98. The number of carbonyl (C=O) groups is 2. The summed E-state index contributed by atoms with van der Waals surface area (Å²) in [5.41, 5.74) is 2.64. The number of nitrogens with one attached hydrogen (secondary N) is 1. The normalized spacial score (nSPS) is 17.4. The van der Waals surface area contributed by atoms with E-state index in [1.807, 2.05) is 47.4 Å². The zero-order valence-corrected chi connectivity index (χ0v) is 21.5. The molecule has 37 heavy (non-hydrogen) atoms. The van der Waals surface area contributed by atoms with Gasteiger partial charge in [-0.15, -0.1) is 0 Å². The second-order valence-electron chi connectivity index (χ2n) is 10.4. The van der Waals surface area contributed by atoms with Gasteiger partial charge in [0.2, 0.25) is 11.8 Å². The number of anilines is 1. The molecule has 2 aliphatic rings. The molecule has 0 spiro atoms. The van der Waals surface area contributed by atoms with Crippen molar-refractivity contribution >= 4 is 17.5 Å². The first kappa shape index (κ1) is 25.1. The van der Waals surface area contributed by atoms with Crippen molar-refractivity contribution in [3.8, 4) is 0 Å². The third-order valence-corrected chi connectivity index (χ3v) is 7.98. The number of carbonyl (C=O) groups excluding carboxylic acids is 2. The fourth-order valence-corrected chi connectivity index (χ4v) is 5.96. The van der Waals surface area contributed by atoms with Gasteiger partial charge in [-0.3, -0.25) is 9.59 Å². The fourth-order valence-electron chi connectivity index (χ4n) is 5.96. The average molecular weight is 496 g/mol. The van der Waals surface area contributed by atoms with Crippen molar-refractivity contribution in [3.05, 3.63) is 102 Å². The van der Waals surface area contributed by atoms with Crippen LogP contribution < -0.4 is 10.2 Å². The van der Waals surface area contributed by atoms with E-state index in [-0.39, 0.29) is 17.7 Å². The Hall–Kier alpha value is -3.60. The number of piperazine rings is 1. The number of para-hydroxylation sites is 1. The second-order valence-corrected chi connectivity index (χ2v) is 10.4. The predicted octanol–water partition coefficient (Wildman–Crippen LogP) is 5.38. The second kappa shape index (κ2) is 11.6. The number of hydrogen-bond donors (Lipinski definition) is 1. The van der Waals surface area contributed by atoms with Crippen LogP contribution in [0.1, 0.15) is 55.6 Å². The van der Waals surface area contributed by atoms with Crippen molar-refractivity contribution in [2.45, 2.75) is 50.0 Å². The van der Waals surface area contributed by atoms with Crippen LogP contribution in [0.5, 0.6) is 0 Å². The minimum absolute atomic E-state index is 0.0455. The van der Waals surface area contributed by atoms with E-state index in [1.54, 1.807) is 0 Å². The molecule has 0 unspecified atom stereocenters. The molecule has 0 bridgehead atoms. The topological polar surface area (TPSA) is 52.7 Å². The highest BCUT2D eigenvalue weighted by molar-refractivity contribution is 5.92. The van der Waals surface area contributed by atoms with Gasteiger partial charge in [-0.25, -0.2) is 0 Å². The van der Waals surface area contributed by atoms with Gasteiger partial charge in [0.05, 0.1) is 0 Å². The lowest BCUT2D eigenvalue weighted by Gasteiger charge is -2.43. The minimum atomic E-state index is -0.790. The highest BCUT2D eigenvalue weighted by atomic mass is 16.2. The third-order valence-electron chi connectivity index (χ3n) is 7.98.